The number of pyridine rings is 1. The van der Waals surface area contributed by atoms with Gasteiger partial charge < -0.3 is 10.2 Å². The molecule has 1 aromatic heterocycles. The summed E-state index contributed by atoms with van der Waals surface area (Å²) >= 11 is 0. The third-order valence-corrected chi connectivity index (χ3v) is 3.02. The number of rotatable bonds is 5. The first-order valence-corrected chi connectivity index (χ1v) is 6.37. The second-order valence-electron chi connectivity index (χ2n) is 5.05. The molecule has 0 aromatic carbocycles. The molecule has 0 aliphatic heterocycles. The van der Waals surface area contributed by atoms with E-state index in [0.29, 0.717) is 17.4 Å². The van der Waals surface area contributed by atoms with Crippen LogP contribution in [0.2, 0.25) is 0 Å². The van der Waals surface area contributed by atoms with Gasteiger partial charge in [0.25, 0.3) is 5.91 Å². The molecule has 1 rings (SSSR count). The predicted molar refractivity (Wildman–Crippen MR) is 74.8 cm³/mol. The number of aromatic nitrogens is 1. The average Bonchev–Trinajstić information content (AvgIpc) is 2.36. The number of nitrogens with zero attached hydrogens (tertiary/aromatic N) is 2. The lowest BCUT2D eigenvalue weighted by atomic mass is 10.0. The predicted octanol–water partition coefficient (Wildman–Crippen LogP) is 2.63. The standard InChI is InChI=1S/C14H23N3O/c1-10(2)9-11(3)17(5)14(18)12-7-6-8-13(15-4)16-12/h6-8,10-11H,9H2,1-5H3,(H,15,16). The van der Waals surface area contributed by atoms with Gasteiger partial charge in [-0.05, 0) is 31.4 Å². The van der Waals surface area contributed by atoms with Crippen LogP contribution in [0.1, 0.15) is 37.7 Å². The summed E-state index contributed by atoms with van der Waals surface area (Å²) < 4.78 is 0. The zero-order valence-corrected chi connectivity index (χ0v) is 11.9. The van der Waals surface area contributed by atoms with Crippen LogP contribution in [0.15, 0.2) is 18.2 Å². The lowest BCUT2D eigenvalue weighted by Gasteiger charge is -2.26. The van der Waals surface area contributed by atoms with Gasteiger partial charge in [-0.15, -0.1) is 0 Å². The fraction of sp³-hybridized carbons (Fsp3) is 0.571. The van der Waals surface area contributed by atoms with Crippen molar-refractivity contribution in [1.82, 2.24) is 9.88 Å². The van der Waals surface area contributed by atoms with Crippen molar-refractivity contribution in [2.45, 2.75) is 33.2 Å². The van der Waals surface area contributed by atoms with Crippen LogP contribution in [-0.2, 0) is 0 Å². The van der Waals surface area contributed by atoms with Crippen molar-refractivity contribution in [3.63, 3.8) is 0 Å². The summed E-state index contributed by atoms with van der Waals surface area (Å²) in [7, 11) is 3.63. The van der Waals surface area contributed by atoms with E-state index in [0.717, 1.165) is 6.42 Å². The molecule has 18 heavy (non-hydrogen) atoms. The number of carbonyl (C=O) groups excluding carboxylic acids is 1. The largest absolute Gasteiger partial charge is 0.373 e. The Labute approximate surface area is 109 Å². The third-order valence-electron chi connectivity index (χ3n) is 3.02. The van der Waals surface area contributed by atoms with Crippen LogP contribution in [0.4, 0.5) is 5.82 Å². The van der Waals surface area contributed by atoms with Gasteiger partial charge >= 0.3 is 0 Å². The van der Waals surface area contributed by atoms with Gasteiger partial charge in [-0.3, -0.25) is 4.79 Å². The smallest absolute Gasteiger partial charge is 0.272 e. The third kappa shape index (κ3) is 3.72. The molecule has 0 aliphatic carbocycles. The van der Waals surface area contributed by atoms with Crippen molar-refractivity contribution < 1.29 is 4.79 Å². The molecule has 0 aliphatic rings. The number of amides is 1. The molecule has 0 fully saturated rings. The normalized spacial score (nSPS) is 12.3. The highest BCUT2D eigenvalue weighted by Gasteiger charge is 2.19. The van der Waals surface area contributed by atoms with Gasteiger partial charge in [0, 0.05) is 20.1 Å². The lowest BCUT2D eigenvalue weighted by molar-refractivity contribution is 0.0722. The highest BCUT2D eigenvalue weighted by atomic mass is 16.2. The number of nitrogens with one attached hydrogen (secondary N) is 1. The molecule has 1 unspecified atom stereocenters. The maximum atomic E-state index is 12.3. The summed E-state index contributed by atoms with van der Waals surface area (Å²) in [4.78, 5) is 18.3. The second-order valence-corrected chi connectivity index (χ2v) is 5.05. The Morgan fingerprint density at radius 1 is 1.39 bits per heavy atom. The minimum atomic E-state index is -0.0275. The van der Waals surface area contributed by atoms with Crippen molar-refractivity contribution in [3.8, 4) is 0 Å². The molecule has 4 nitrogen and oxygen atoms in total. The maximum Gasteiger partial charge on any atom is 0.272 e. The molecule has 1 aromatic rings. The molecular formula is C14H23N3O. The van der Waals surface area contributed by atoms with Crippen LogP contribution < -0.4 is 5.32 Å². The molecule has 0 saturated heterocycles. The summed E-state index contributed by atoms with van der Waals surface area (Å²) in [6.07, 6.45) is 0.994. The zero-order valence-electron chi connectivity index (χ0n) is 11.9. The van der Waals surface area contributed by atoms with Crippen molar-refractivity contribution in [2.24, 2.45) is 5.92 Å². The Morgan fingerprint density at radius 3 is 2.61 bits per heavy atom. The van der Waals surface area contributed by atoms with E-state index in [1.54, 1.807) is 18.0 Å². The Balaban J connectivity index is 2.79. The van der Waals surface area contributed by atoms with Gasteiger partial charge in [0.15, 0.2) is 0 Å². The monoisotopic (exact) mass is 249 g/mol. The SMILES string of the molecule is CNc1cccc(C(=O)N(C)C(C)CC(C)C)n1. The zero-order chi connectivity index (χ0) is 13.7. The van der Waals surface area contributed by atoms with Gasteiger partial charge in [0.1, 0.15) is 11.5 Å². The van der Waals surface area contributed by atoms with Gasteiger partial charge in [0.05, 0.1) is 0 Å². The van der Waals surface area contributed by atoms with Crippen LogP contribution in [-0.4, -0.2) is 35.9 Å². The highest BCUT2D eigenvalue weighted by Crippen LogP contribution is 2.13. The number of anilines is 1. The summed E-state index contributed by atoms with van der Waals surface area (Å²) in [5, 5.41) is 2.94. The van der Waals surface area contributed by atoms with E-state index in [2.05, 4.69) is 31.1 Å². The van der Waals surface area contributed by atoms with E-state index in [9.17, 15) is 4.79 Å². The molecule has 0 spiro atoms. The Hall–Kier alpha value is -1.58. The average molecular weight is 249 g/mol. The molecule has 0 saturated carbocycles. The number of carbonyl (C=O) groups is 1. The van der Waals surface area contributed by atoms with Gasteiger partial charge in [-0.25, -0.2) is 4.98 Å². The van der Waals surface area contributed by atoms with Crippen molar-refractivity contribution in [1.29, 1.82) is 0 Å². The summed E-state index contributed by atoms with van der Waals surface area (Å²) in [5.41, 5.74) is 0.486. The fourth-order valence-electron chi connectivity index (χ4n) is 1.91. The van der Waals surface area contributed by atoms with Crippen molar-refractivity contribution in [2.75, 3.05) is 19.4 Å². The van der Waals surface area contributed by atoms with Gasteiger partial charge in [-0.1, -0.05) is 19.9 Å². The lowest BCUT2D eigenvalue weighted by Crippen LogP contribution is -2.36. The van der Waals surface area contributed by atoms with E-state index < -0.39 is 0 Å². The van der Waals surface area contributed by atoms with E-state index in [1.165, 1.54) is 0 Å². The van der Waals surface area contributed by atoms with Crippen LogP contribution >= 0.6 is 0 Å². The molecule has 4 heteroatoms. The van der Waals surface area contributed by atoms with E-state index in [-0.39, 0.29) is 11.9 Å². The highest BCUT2D eigenvalue weighted by molar-refractivity contribution is 5.92. The minimum absolute atomic E-state index is 0.0275. The minimum Gasteiger partial charge on any atom is -0.373 e. The summed E-state index contributed by atoms with van der Waals surface area (Å²) in [5.74, 6) is 1.26. The molecule has 1 amide bonds. The van der Waals surface area contributed by atoms with E-state index >= 15 is 0 Å². The number of hydrogen-bond acceptors (Lipinski definition) is 3. The first-order chi connectivity index (χ1) is 8.45. The first kappa shape index (κ1) is 14.5. The van der Waals surface area contributed by atoms with Gasteiger partial charge in [0.2, 0.25) is 0 Å². The fourth-order valence-corrected chi connectivity index (χ4v) is 1.91. The molecule has 1 atom stereocenters. The summed E-state index contributed by atoms with van der Waals surface area (Å²) in [6.45, 7) is 6.39. The molecule has 100 valence electrons. The first-order valence-electron chi connectivity index (χ1n) is 6.37. The Kier molecular flexibility index (Phi) is 5.13. The van der Waals surface area contributed by atoms with E-state index in [1.807, 2.05) is 19.2 Å². The second kappa shape index (κ2) is 6.38. The topological polar surface area (TPSA) is 45.2 Å². The Bertz CT molecular complexity index is 404. The Morgan fingerprint density at radius 2 is 2.06 bits per heavy atom. The molecule has 1 N–H and O–H groups in total. The van der Waals surface area contributed by atoms with Crippen molar-refractivity contribution in [3.05, 3.63) is 23.9 Å². The number of hydrogen-bond donors (Lipinski definition) is 1. The van der Waals surface area contributed by atoms with Crippen LogP contribution in [0.3, 0.4) is 0 Å². The van der Waals surface area contributed by atoms with Gasteiger partial charge in [-0.2, -0.15) is 0 Å². The van der Waals surface area contributed by atoms with Crippen molar-refractivity contribution >= 4 is 11.7 Å². The molecule has 1 heterocycles. The van der Waals surface area contributed by atoms with E-state index in [4.69, 9.17) is 0 Å². The molecule has 0 bridgehead atoms. The summed E-state index contributed by atoms with van der Waals surface area (Å²) in [6, 6.07) is 5.65. The van der Waals surface area contributed by atoms with Crippen LogP contribution in [0, 0.1) is 5.92 Å². The molecule has 0 radical (unpaired) electrons. The quantitative estimate of drug-likeness (QED) is 0.872. The maximum absolute atomic E-state index is 12.3. The van der Waals surface area contributed by atoms with Crippen LogP contribution in [0.5, 0.6) is 0 Å². The van der Waals surface area contributed by atoms with Crippen LogP contribution in [0.25, 0.3) is 0 Å². The molecular weight excluding hydrogens is 226 g/mol.